The third-order valence-electron chi connectivity index (χ3n) is 2.65. The average molecular weight is 295 g/mol. The summed E-state index contributed by atoms with van der Waals surface area (Å²) in [6, 6.07) is 4.55. The van der Waals surface area contributed by atoms with E-state index in [1.54, 1.807) is 13.0 Å². The molecule has 0 bridgehead atoms. The summed E-state index contributed by atoms with van der Waals surface area (Å²) in [7, 11) is -2.43. The number of imidazole rings is 1. The number of nitrogens with zero attached hydrogens (tertiary/aromatic N) is 1. The zero-order valence-corrected chi connectivity index (χ0v) is 11.7. The number of ether oxygens (including phenoxy) is 1. The van der Waals surface area contributed by atoms with Gasteiger partial charge in [-0.1, -0.05) is 0 Å². The lowest BCUT2D eigenvalue weighted by atomic mass is 10.1. The van der Waals surface area contributed by atoms with Gasteiger partial charge in [-0.15, -0.1) is 0 Å². The molecular formula is C12H13N3O4S. The standard InChI is InChI=1S/C12H13N3O4S/c1-8-5-9(12(16)19-2)3-4-10(8)15-20(17,18)11-6-13-7-14-11/h3-7,15H,1-2H3,(H,13,14). The Hall–Kier alpha value is -2.35. The van der Waals surface area contributed by atoms with Crippen molar-refractivity contribution in [2.75, 3.05) is 11.8 Å². The highest BCUT2D eigenvalue weighted by atomic mass is 32.2. The summed E-state index contributed by atoms with van der Waals surface area (Å²) in [4.78, 5) is 17.6. The molecule has 0 aliphatic heterocycles. The third kappa shape index (κ3) is 2.80. The Morgan fingerprint density at radius 1 is 1.40 bits per heavy atom. The van der Waals surface area contributed by atoms with Crippen LogP contribution >= 0.6 is 0 Å². The fourth-order valence-corrected chi connectivity index (χ4v) is 2.65. The summed E-state index contributed by atoms with van der Waals surface area (Å²) >= 11 is 0. The van der Waals surface area contributed by atoms with Gasteiger partial charge >= 0.3 is 5.97 Å². The Morgan fingerprint density at radius 3 is 2.70 bits per heavy atom. The molecule has 0 radical (unpaired) electrons. The minimum atomic E-state index is -3.72. The number of carbonyl (C=O) groups is 1. The number of carbonyl (C=O) groups excluding carboxylic acids is 1. The van der Waals surface area contributed by atoms with E-state index in [2.05, 4.69) is 19.4 Å². The van der Waals surface area contributed by atoms with Gasteiger partial charge in [-0.3, -0.25) is 4.72 Å². The topological polar surface area (TPSA) is 101 Å². The van der Waals surface area contributed by atoms with Crippen LogP contribution in [0.4, 0.5) is 5.69 Å². The van der Waals surface area contributed by atoms with Gasteiger partial charge in [-0.05, 0) is 30.7 Å². The number of anilines is 1. The van der Waals surface area contributed by atoms with Crippen LogP contribution < -0.4 is 4.72 Å². The van der Waals surface area contributed by atoms with Crippen LogP contribution in [0.25, 0.3) is 0 Å². The van der Waals surface area contributed by atoms with Gasteiger partial charge < -0.3 is 9.72 Å². The number of nitrogens with one attached hydrogen (secondary N) is 2. The normalized spacial score (nSPS) is 11.1. The minimum Gasteiger partial charge on any atom is -0.465 e. The summed E-state index contributed by atoms with van der Waals surface area (Å²) in [6.45, 7) is 1.69. The number of sulfonamides is 1. The molecule has 106 valence electrons. The van der Waals surface area contributed by atoms with Crippen molar-refractivity contribution in [3.05, 3.63) is 41.9 Å². The van der Waals surface area contributed by atoms with Crippen LogP contribution in [0.5, 0.6) is 0 Å². The molecule has 0 saturated carbocycles. The predicted octanol–water partition coefficient (Wildman–Crippen LogP) is 1.31. The van der Waals surface area contributed by atoms with E-state index in [1.807, 2.05) is 0 Å². The van der Waals surface area contributed by atoms with Crippen molar-refractivity contribution < 1.29 is 17.9 Å². The number of aromatic nitrogens is 2. The molecule has 1 aromatic heterocycles. The Morgan fingerprint density at radius 2 is 2.15 bits per heavy atom. The highest BCUT2D eigenvalue weighted by molar-refractivity contribution is 7.92. The fourth-order valence-electron chi connectivity index (χ4n) is 1.61. The van der Waals surface area contributed by atoms with Crippen LogP contribution in [0.1, 0.15) is 15.9 Å². The summed E-state index contributed by atoms with van der Waals surface area (Å²) in [5, 5.41) is -0.0334. The van der Waals surface area contributed by atoms with Gasteiger partial charge in [-0.2, -0.15) is 8.42 Å². The van der Waals surface area contributed by atoms with Gasteiger partial charge in [0.15, 0.2) is 5.03 Å². The van der Waals surface area contributed by atoms with Crippen molar-refractivity contribution in [2.45, 2.75) is 11.9 Å². The van der Waals surface area contributed by atoms with Crippen LogP contribution in [0.15, 0.2) is 35.7 Å². The van der Waals surface area contributed by atoms with Crippen LogP contribution in [0.2, 0.25) is 0 Å². The van der Waals surface area contributed by atoms with E-state index in [4.69, 9.17) is 0 Å². The van der Waals surface area contributed by atoms with E-state index in [0.29, 0.717) is 16.8 Å². The number of aromatic amines is 1. The zero-order chi connectivity index (χ0) is 14.8. The zero-order valence-electron chi connectivity index (χ0n) is 10.9. The van der Waals surface area contributed by atoms with Crippen molar-refractivity contribution in [1.82, 2.24) is 9.97 Å². The molecule has 8 heteroatoms. The molecule has 1 aromatic carbocycles. The molecule has 0 atom stereocenters. The molecule has 0 unspecified atom stereocenters. The second-order valence-electron chi connectivity index (χ2n) is 4.04. The molecule has 1 heterocycles. The molecule has 0 amide bonds. The Kier molecular flexibility index (Phi) is 3.75. The van der Waals surface area contributed by atoms with E-state index in [9.17, 15) is 13.2 Å². The van der Waals surface area contributed by atoms with E-state index in [0.717, 1.165) is 0 Å². The summed E-state index contributed by atoms with van der Waals surface area (Å²) in [5.74, 6) is -0.476. The maximum Gasteiger partial charge on any atom is 0.337 e. The number of aryl methyl sites for hydroxylation is 1. The summed E-state index contributed by atoms with van der Waals surface area (Å²) in [6.07, 6.45) is 2.49. The minimum absolute atomic E-state index is 0.0334. The number of hydrogen-bond donors (Lipinski definition) is 2. The van der Waals surface area contributed by atoms with Gasteiger partial charge in [0.2, 0.25) is 0 Å². The number of methoxy groups -OCH3 is 1. The van der Waals surface area contributed by atoms with Crippen LogP contribution in [0, 0.1) is 6.92 Å². The largest absolute Gasteiger partial charge is 0.465 e. The van der Waals surface area contributed by atoms with Crippen LogP contribution in [0.3, 0.4) is 0 Å². The molecule has 7 nitrogen and oxygen atoms in total. The Bertz CT molecular complexity index is 723. The van der Waals surface area contributed by atoms with Crippen molar-refractivity contribution >= 4 is 21.7 Å². The lowest BCUT2D eigenvalue weighted by molar-refractivity contribution is 0.0600. The highest BCUT2D eigenvalue weighted by Crippen LogP contribution is 2.20. The smallest absolute Gasteiger partial charge is 0.337 e. The van der Waals surface area contributed by atoms with Gasteiger partial charge in [0.05, 0.1) is 30.9 Å². The number of rotatable bonds is 4. The van der Waals surface area contributed by atoms with E-state index >= 15 is 0 Å². The number of H-pyrrole nitrogens is 1. The Balaban J connectivity index is 2.29. The summed E-state index contributed by atoms with van der Waals surface area (Å²) < 4.78 is 31.1. The maximum atomic E-state index is 12.0. The van der Waals surface area contributed by atoms with Gasteiger partial charge in [0.25, 0.3) is 10.0 Å². The quantitative estimate of drug-likeness (QED) is 0.828. The van der Waals surface area contributed by atoms with Gasteiger partial charge in [0, 0.05) is 0 Å². The molecule has 0 fully saturated rings. The lowest BCUT2D eigenvalue weighted by Gasteiger charge is -2.10. The first-order chi connectivity index (χ1) is 9.44. The number of esters is 1. The molecule has 0 saturated heterocycles. The fraction of sp³-hybridized carbons (Fsp3) is 0.167. The van der Waals surface area contributed by atoms with Gasteiger partial charge in [0.1, 0.15) is 0 Å². The first kappa shape index (κ1) is 14.1. The Labute approximate surface area is 116 Å². The van der Waals surface area contributed by atoms with E-state index < -0.39 is 16.0 Å². The molecule has 2 rings (SSSR count). The molecule has 2 aromatic rings. The molecule has 0 aliphatic carbocycles. The highest BCUT2D eigenvalue weighted by Gasteiger charge is 2.17. The summed E-state index contributed by atoms with van der Waals surface area (Å²) in [5.41, 5.74) is 1.35. The van der Waals surface area contributed by atoms with E-state index in [1.165, 1.54) is 31.8 Å². The second-order valence-corrected chi connectivity index (χ2v) is 5.69. The third-order valence-corrected chi connectivity index (χ3v) is 3.95. The van der Waals surface area contributed by atoms with Crippen molar-refractivity contribution in [3.63, 3.8) is 0 Å². The number of hydrogen-bond acceptors (Lipinski definition) is 5. The van der Waals surface area contributed by atoms with Crippen molar-refractivity contribution in [2.24, 2.45) is 0 Å². The molecule has 0 aliphatic rings. The SMILES string of the molecule is COC(=O)c1ccc(NS(=O)(=O)c2cnc[nH]2)c(C)c1. The van der Waals surface area contributed by atoms with Crippen molar-refractivity contribution in [3.8, 4) is 0 Å². The second kappa shape index (κ2) is 5.33. The average Bonchev–Trinajstić information content (AvgIpc) is 2.95. The maximum absolute atomic E-state index is 12.0. The first-order valence-electron chi connectivity index (χ1n) is 5.64. The predicted molar refractivity (Wildman–Crippen MR) is 71.9 cm³/mol. The molecule has 20 heavy (non-hydrogen) atoms. The first-order valence-corrected chi connectivity index (χ1v) is 7.12. The van der Waals surface area contributed by atoms with Crippen LogP contribution in [-0.4, -0.2) is 31.5 Å². The van der Waals surface area contributed by atoms with E-state index in [-0.39, 0.29) is 5.03 Å². The van der Waals surface area contributed by atoms with Crippen LogP contribution in [-0.2, 0) is 14.8 Å². The molecular weight excluding hydrogens is 282 g/mol. The molecule has 0 spiro atoms. The van der Waals surface area contributed by atoms with Gasteiger partial charge in [-0.25, -0.2) is 9.78 Å². The monoisotopic (exact) mass is 295 g/mol. The van der Waals surface area contributed by atoms with Crippen molar-refractivity contribution in [1.29, 1.82) is 0 Å². The molecule has 2 N–H and O–H groups in total. The number of benzene rings is 1. The lowest BCUT2D eigenvalue weighted by Crippen LogP contribution is -2.14.